The summed E-state index contributed by atoms with van der Waals surface area (Å²) in [6.45, 7) is 2.82. The molecule has 6 rings (SSSR count). The first-order chi connectivity index (χ1) is 26.3. The molecule has 0 unspecified atom stereocenters. The molecule has 0 radical (unpaired) electrons. The van der Waals surface area contributed by atoms with E-state index in [0.717, 1.165) is 0 Å². The molecule has 4 amide bonds. The normalized spacial score (nSPS) is 16.1. The average molecular weight is 856 g/mol. The van der Waals surface area contributed by atoms with Gasteiger partial charge in [0, 0.05) is 44.9 Å². The van der Waals surface area contributed by atoms with Crippen molar-refractivity contribution in [1.29, 1.82) is 0 Å². The third-order valence-corrected chi connectivity index (χ3v) is 11.0. The smallest absolute Gasteiger partial charge is 0.348 e. The summed E-state index contributed by atoms with van der Waals surface area (Å²) in [7, 11) is -3.58. The van der Waals surface area contributed by atoms with Crippen LogP contribution in [0.5, 0.6) is 0 Å². The summed E-state index contributed by atoms with van der Waals surface area (Å²) in [6.07, 6.45) is 4.56. The van der Waals surface area contributed by atoms with Gasteiger partial charge >= 0.3 is 7.60 Å². The van der Waals surface area contributed by atoms with Crippen molar-refractivity contribution in [2.75, 3.05) is 43.5 Å². The number of hydrogen-bond donors (Lipinski definition) is 6. The van der Waals surface area contributed by atoms with Crippen molar-refractivity contribution in [2.45, 2.75) is 37.8 Å². The fourth-order valence-electron chi connectivity index (χ4n) is 6.02. The predicted octanol–water partition coefficient (Wildman–Crippen LogP) is 6.03. The molecule has 22 heteroatoms. The number of carbonyl (C=O) groups is 4. The Morgan fingerprint density at radius 1 is 0.655 bits per heavy atom. The summed E-state index contributed by atoms with van der Waals surface area (Å²) in [6, 6.07) is 8.88. The molecule has 0 aliphatic carbocycles. The van der Waals surface area contributed by atoms with Gasteiger partial charge in [-0.05, 0) is 49.9 Å². The van der Waals surface area contributed by atoms with Crippen molar-refractivity contribution in [3.05, 3.63) is 91.4 Å². The Balaban J connectivity index is 0.918. The van der Waals surface area contributed by atoms with E-state index in [-0.39, 0.29) is 66.1 Å². The van der Waals surface area contributed by atoms with Crippen molar-refractivity contribution in [3.8, 4) is 0 Å². The van der Waals surface area contributed by atoms with Crippen LogP contribution in [0.15, 0.2) is 48.8 Å². The maximum atomic E-state index is 13.3. The van der Waals surface area contributed by atoms with Crippen molar-refractivity contribution in [1.82, 2.24) is 41.2 Å². The Hall–Kier alpha value is -4.03. The standard InChI is InChI=1S/C33H35Cl4N10O7P/c1-55(52,53-46-12-8-18(9-13-46)40-32(50)28-24(16-38-44-28)42-30(48)26-20(34)4-2-5-21(26)35)54-47-14-10-19(11-15-47)41-33(51)29-25(17-39-45-29)43-31(49)27-22(36)6-3-7-23(27)37/h2-7,16-19H,8-15H2,1H3,(H,38,44)(H,39,45)(H,40,50)(H,41,51)(H,42,48)(H,43,49). The van der Waals surface area contributed by atoms with Crippen LogP contribution < -0.4 is 21.3 Å². The summed E-state index contributed by atoms with van der Waals surface area (Å²) in [5.41, 5.74) is 0.568. The largest absolute Gasteiger partial charge is 0.360 e. The highest BCUT2D eigenvalue weighted by Crippen LogP contribution is 2.46. The number of aromatic nitrogens is 4. The lowest BCUT2D eigenvalue weighted by molar-refractivity contribution is -0.136. The van der Waals surface area contributed by atoms with Crippen molar-refractivity contribution in [3.63, 3.8) is 0 Å². The van der Waals surface area contributed by atoms with E-state index in [2.05, 4.69) is 41.7 Å². The lowest BCUT2D eigenvalue weighted by atomic mass is 10.1. The molecule has 0 bridgehead atoms. The van der Waals surface area contributed by atoms with Crippen LogP contribution in [0.3, 0.4) is 0 Å². The second-order valence-corrected chi connectivity index (χ2v) is 16.2. The first kappa shape index (κ1) is 40.6. The Morgan fingerprint density at radius 3 is 1.35 bits per heavy atom. The third-order valence-electron chi connectivity index (χ3n) is 8.71. The van der Waals surface area contributed by atoms with Gasteiger partial charge < -0.3 is 21.3 Å². The van der Waals surface area contributed by atoms with E-state index < -0.39 is 31.2 Å². The molecular weight excluding hydrogens is 821 g/mol. The maximum absolute atomic E-state index is 13.3. The zero-order valence-corrected chi connectivity index (χ0v) is 33.0. The van der Waals surface area contributed by atoms with Gasteiger partial charge in [-0.2, -0.15) is 20.3 Å². The van der Waals surface area contributed by atoms with Crippen LogP contribution in [0, 0.1) is 0 Å². The fraction of sp³-hybridized carbons (Fsp3) is 0.333. The number of rotatable bonds is 12. The first-order valence-corrected chi connectivity index (χ1v) is 20.4. The van der Waals surface area contributed by atoms with Crippen molar-refractivity contribution in [2.24, 2.45) is 0 Å². The van der Waals surface area contributed by atoms with Gasteiger partial charge in [-0.1, -0.05) is 58.5 Å². The van der Waals surface area contributed by atoms with E-state index in [1.165, 1.54) is 43.3 Å². The number of anilines is 2. The Morgan fingerprint density at radius 2 is 1.00 bits per heavy atom. The van der Waals surface area contributed by atoms with Crippen LogP contribution in [0.4, 0.5) is 11.4 Å². The van der Waals surface area contributed by atoms with E-state index in [1.807, 2.05) is 0 Å². The molecule has 6 N–H and O–H groups in total. The van der Waals surface area contributed by atoms with Crippen molar-refractivity contribution >= 4 is 89.0 Å². The zero-order chi connectivity index (χ0) is 39.3. The lowest BCUT2D eigenvalue weighted by Gasteiger charge is -2.35. The molecule has 2 aliphatic heterocycles. The maximum Gasteiger partial charge on any atom is 0.360 e. The summed E-state index contributed by atoms with van der Waals surface area (Å²) in [5, 5.41) is 27.9. The van der Waals surface area contributed by atoms with Crippen molar-refractivity contribution < 1.29 is 33.0 Å². The molecule has 2 fully saturated rings. The van der Waals surface area contributed by atoms with Crippen LogP contribution in [-0.2, 0) is 13.8 Å². The number of halogens is 4. The Kier molecular flexibility index (Phi) is 13.2. The van der Waals surface area contributed by atoms with Gasteiger partial charge in [0.25, 0.3) is 23.6 Å². The quantitative estimate of drug-likeness (QED) is 0.0906. The van der Waals surface area contributed by atoms with E-state index in [0.29, 0.717) is 51.9 Å². The molecule has 17 nitrogen and oxygen atoms in total. The highest BCUT2D eigenvalue weighted by atomic mass is 35.5. The number of benzene rings is 2. The Labute approximate surface area is 334 Å². The number of hydroxylamine groups is 4. The van der Waals surface area contributed by atoms with Crippen LogP contribution in [0.25, 0.3) is 0 Å². The number of nitrogens with one attached hydrogen (secondary N) is 6. The number of amides is 4. The van der Waals surface area contributed by atoms with Gasteiger partial charge in [0.2, 0.25) is 0 Å². The summed E-state index contributed by atoms with van der Waals surface area (Å²) >= 11 is 24.6. The molecule has 292 valence electrons. The average Bonchev–Trinajstić information content (AvgIpc) is 3.79. The second kappa shape index (κ2) is 17.8. The number of piperidine rings is 2. The molecule has 4 heterocycles. The molecule has 2 aromatic heterocycles. The molecule has 2 saturated heterocycles. The van der Waals surface area contributed by atoms with Gasteiger partial charge in [0.1, 0.15) is 11.4 Å². The highest BCUT2D eigenvalue weighted by molar-refractivity contribution is 7.52. The van der Waals surface area contributed by atoms with Gasteiger partial charge in [0.15, 0.2) is 0 Å². The SMILES string of the molecule is CP(=O)(ON1CCC(NC(=O)c2[nH]ncc2NC(=O)c2c(Cl)cccc2Cl)CC1)ON1CCC(NC(=O)c2[nH]ncc2NC(=O)c2c(Cl)cccc2Cl)CC1. The molecule has 4 aromatic rings. The molecule has 55 heavy (non-hydrogen) atoms. The highest BCUT2D eigenvalue weighted by Gasteiger charge is 2.32. The van der Waals surface area contributed by atoms with E-state index in [9.17, 15) is 23.7 Å². The number of carbonyl (C=O) groups excluding carboxylic acids is 4. The Bertz CT molecular complexity index is 1930. The number of nitrogens with zero attached hydrogens (tertiary/aromatic N) is 4. The minimum absolute atomic E-state index is 0.0555. The van der Waals surface area contributed by atoms with E-state index in [4.69, 9.17) is 55.7 Å². The topological polar surface area (TPSA) is 216 Å². The van der Waals surface area contributed by atoms with E-state index in [1.54, 1.807) is 22.3 Å². The van der Waals surface area contributed by atoms with Gasteiger partial charge in [-0.15, -0.1) is 0 Å². The lowest BCUT2D eigenvalue weighted by Crippen LogP contribution is -2.45. The number of hydrogen-bond acceptors (Lipinski definition) is 11. The molecule has 2 aliphatic rings. The zero-order valence-electron chi connectivity index (χ0n) is 29.0. The number of aromatic amines is 2. The van der Waals surface area contributed by atoms with Crippen LogP contribution in [0.2, 0.25) is 20.1 Å². The monoisotopic (exact) mass is 854 g/mol. The molecule has 2 aromatic carbocycles. The van der Waals surface area contributed by atoms with E-state index >= 15 is 0 Å². The summed E-state index contributed by atoms with van der Waals surface area (Å²) < 4.78 is 24.8. The van der Waals surface area contributed by atoms with Crippen LogP contribution in [-0.4, -0.2) is 99.1 Å². The number of H-pyrrole nitrogens is 2. The molecule has 0 spiro atoms. The van der Waals surface area contributed by atoms with Crippen LogP contribution in [0.1, 0.15) is 67.4 Å². The third kappa shape index (κ3) is 10.2. The first-order valence-electron chi connectivity index (χ1n) is 16.9. The minimum atomic E-state index is -3.58. The predicted molar refractivity (Wildman–Crippen MR) is 206 cm³/mol. The molecular formula is C33H35Cl4N10O7P. The molecule has 0 atom stereocenters. The molecule has 0 saturated carbocycles. The summed E-state index contributed by atoms with van der Waals surface area (Å²) in [4.78, 5) is 51.8. The minimum Gasteiger partial charge on any atom is -0.348 e. The summed E-state index contributed by atoms with van der Waals surface area (Å²) in [5.74, 6) is -2.14. The van der Waals surface area contributed by atoms with Gasteiger partial charge in [-0.25, -0.2) is 9.25 Å². The second-order valence-electron chi connectivity index (χ2n) is 12.7. The van der Waals surface area contributed by atoms with Gasteiger partial charge in [0.05, 0.1) is 55.0 Å². The van der Waals surface area contributed by atoms with Gasteiger partial charge in [-0.3, -0.25) is 33.9 Å². The van der Waals surface area contributed by atoms with Crippen LogP contribution >= 0.6 is 54.0 Å². The fourth-order valence-corrected chi connectivity index (χ4v) is 8.35.